The zero-order chi connectivity index (χ0) is 12.3. The molecule has 0 aromatic carbocycles. The van der Waals surface area contributed by atoms with Crippen LogP contribution in [0.3, 0.4) is 0 Å². The largest absolute Gasteiger partial charge is 0.476 e. The molecule has 110 valence electrons. The van der Waals surface area contributed by atoms with Crippen molar-refractivity contribution in [2.24, 2.45) is 0 Å². The monoisotopic (exact) mass is 307 g/mol. The number of nitrogens with zero attached hydrogens (tertiary/aromatic N) is 2. The molecule has 0 spiro atoms. The van der Waals surface area contributed by atoms with Gasteiger partial charge in [0.1, 0.15) is 12.4 Å². The summed E-state index contributed by atoms with van der Waals surface area (Å²) in [5.74, 6) is 1.77. The molecule has 0 saturated carbocycles. The Bertz CT molecular complexity index is 390. The number of hydrogen-bond donors (Lipinski definition) is 1. The molecule has 1 aromatic heterocycles. The third-order valence-electron chi connectivity index (χ3n) is 3.37. The molecule has 4 nitrogen and oxygen atoms in total. The van der Waals surface area contributed by atoms with E-state index in [1.165, 1.54) is 0 Å². The van der Waals surface area contributed by atoms with Crippen molar-refractivity contribution in [1.29, 1.82) is 0 Å². The molecule has 6 heteroatoms. The van der Waals surface area contributed by atoms with Crippen LogP contribution < -0.4 is 15.0 Å². The lowest BCUT2D eigenvalue weighted by atomic mass is 10.2. The number of rotatable bonds is 3. The first-order valence-electron chi connectivity index (χ1n) is 6.28. The molecule has 0 amide bonds. The SMILES string of the molecule is CCC(C)N(C)c1ccc2c(n1)OCCNC2.Cl.Cl. The molecule has 19 heavy (non-hydrogen) atoms. The molecule has 0 radical (unpaired) electrons. The number of halogens is 2. The van der Waals surface area contributed by atoms with Gasteiger partial charge in [0, 0.05) is 31.7 Å². The van der Waals surface area contributed by atoms with E-state index in [0.29, 0.717) is 12.6 Å². The Morgan fingerprint density at radius 1 is 1.42 bits per heavy atom. The lowest BCUT2D eigenvalue weighted by molar-refractivity contribution is 0.314. The minimum Gasteiger partial charge on any atom is -0.476 e. The summed E-state index contributed by atoms with van der Waals surface area (Å²) in [6, 6.07) is 4.67. The molecule has 0 bridgehead atoms. The van der Waals surface area contributed by atoms with Crippen molar-refractivity contribution in [3.63, 3.8) is 0 Å². The maximum absolute atomic E-state index is 5.65. The van der Waals surface area contributed by atoms with Gasteiger partial charge in [0.25, 0.3) is 0 Å². The third kappa shape index (κ3) is 4.41. The van der Waals surface area contributed by atoms with Crippen molar-refractivity contribution in [1.82, 2.24) is 10.3 Å². The number of fused-ring (bicyclic) bond motifs is 1. The second-order valence-corrected chi connectivity index (χ2v) is 4.53. The van der Waals surface area contributed by atoms with Crippen LogP contribution in [0, 0.1) is 0 Å². The van der Waals surface area contributed by atoms with E-state index in [-0.39, 0.29) is 24.8 Å². The van der Waals surface area contributed by atoms with Crippen LogP contribution in [-0.2, 0) is 6.54 Å². The second kappa shape index (κ2) is 8.46. The van der Waals surface area contributed by atoms with Gasteiger partial charge in [0.05, 0.1) is 0 Å². The van der Waals surface area contributed by atoms with Crippen LogP contribution >= 0.6 is 24.8 Å². The van der Waals surface area contributed by atoms with Gasteiger partial charge in [0.2, 0.25) is 5.88 Å². The van der Waals surface area contributed by atoms with E-state index in [2.05, 4.69) is 48.2 Å². The average molecular weight is 308 g/mol. The summed E-state index contributed by atoms with van der Waals surface area (Å²) in [6.07, 6.45) is 1.11. The molecular weight excluding hydrogens is 285 g/mol. The smallest absolute Gasteiger partial charge is 0.219 e. The van der Waals surface area contributed by atoms with E-state index < -0.39 is 0 Å². The van der Waals surface area contributed by atoms with Crippen LogP contribution in [0.15, 0.2) is 12.1 Å². The van der Waals surface area contributed by atoms with Gasteiger partial charge in [-0.25, -0.2) is 0 Å². The molecule has 1 N–H and O–H groups in total. The van der Waals surface area contributed by atoms with E-state index in [9.17, 15) is 0 Å². The van der Waals surface area contributed by atoms with Gasteiger partial charge in [-0.05, 0) is 25.5 Å². The van der Waals surface area contributed by atoms with Gasteiger partial charge < -0.3 is 15.0 Å². The maximum Gasteiger partial charge on any atom is 0.219 e. The summed E-state index contributed by atoms with van der Waals surface area (Å²) in [6.45, 7) is 6.81. The molecule has 2 rings (SSSR count). The zero-order valence-corrected chi connectivity index (χ0v) is 13.3. The number of anilines is 1. The number of ether oxygens (including phenoxy) is 1. The van der Waals surface area contributed by atoms with Crippen molar-refractivity contribution in [2.75, 3.05) is 25.1 Å². The fourth-order valence-electron chi connectivity index (χ4n) is 1.86. The fourth-order valence-corrected chi connectivity index (χ4v) is 1.86. The van der Waals surface area contributed by atoms with E-state index >= 15 is 0 Å². The van der Waals surface area contributed by atoms with Crippen LogP contribution in [0.1, 0.15) is 25.8 Å². The minimum absolute atomic E-state index is 0. The molecule has 2 heterocycles. The Morgan fingerprint density at radius 2 is 2.16 bits per heavy atom. The topological polar surface area (TPSA) is 37.4 Å². The normalized spacial score (nSPS) is 14.9. The fraction of sp³-hybridized carbons (Fsp3) is 0.615. The first-order valence-corrected chi connectivity index (χ1v) is 6.28. The average Bonchev–Trinajstić information content (AvgIpc) is 2.61. The number of aromatic nitrogens is 1. The van der Waals surface area contributed by atoms with Gasteiger partial charge in [-0.3, -0.25) is 0 Å². The van der Waals surface area contributed by atoms with Gasteiger partial charge in [-0.2, -0.15) is 4.98 Å². The molecule has 0 aliphatic carbocycles. The van der Waals surface area contributed by atoms with Gasteiger partial charge in [-0.15, -0.1) is 24.8 Å². The predicted molar refractivity (Wildman–Crippen MR) is 84.1 cm³/mol. The van der Waals surface area contributed by atoms with Crippen molar-refractivity contribution < 1.29 is 4.74 Å². The highest BCUT2D eigenvalue weighted by Crippen LogP contribution is 2.23. The first-order chi connectivity index (χ1) is 8.22. The Morgan fingerprint density at radius 3 is 2.84 bits per heavy atom. The minimum atomic E-state index is 0. The number of hydrogen-bond acceptors (Lipinski definition) is 4. The highest BCUT2D eigenvalue weighted by molar-refractivity contribution is 5.85. The maximum atomic E-state index is 5.65. The second-order valence-electron chi connectivity index (χ2n) is 4.53. The van der Waals surface area contributed by atoms with E-state index in [4.69, 9.17) is 4.74 Å². The number of pyridine rings is 1. The van der Waals surface area contributed by atoms with Gasteiger partial charge >= 0.3 is 0 Å². The van der Waals surface area contributed by atoms with Gasteiger partial charge in [0.15, 0.2) is 0 Å². The predicted octanol–water partition coefficient (Wildman–Crippen LogP) is 2.64. The van der Waals surface area contributed by atoms with Crippen molar-refractivity contribution in [2.45, 2.75) is 32.9 Å². The summed E-state index contributed by atoms with van der Waals surface area (Å²) >= 11 is 0. The summed E-state index contributed by atoms with van der Waals surface area (Å²) in [7, 11) is 2.08. The highest BCUT2D eigenvalue weighted by atomic mass is 35.5. The van der Waals surface area contributed by atoms with Gasteiger partial charge in [-0.1, -0.05) is 6.92 Å². The molecular formula is C13H23Cl2N3O. The molecule has 1 unspecified atom stereocenters. The Kier molecular flexibility index (Phi) is 8.14. The zero-order valence-electron chi connectivity index (χ0n) is 11.7. The lowest BCUT2D eigenvalue weighted by Crippen LogP contribution is -2.28. The molecule has 0 saturated heterocycles. The van der Waals surface area contributed by atoms with Crippen LogP contribution in [0.5, 0.6) is 5.88 Å². The van der Waals surface area contributed by atoms with E-state index in [1.807, 2.05) is 0 Å². The summed E-state index contributed by atoms with van der Waals surface area (Å²) in [5.41, 5.74) is 1.14. The molecule has 1 aliphatic rings. The van der Waals surface area contributed by atoms with E-state index in [1.54, 1.807) is 0 Å². The van der Waals surface area contributed by atoms with Crippen molar-refractivity contribution in [3.05, 3.63) is 17.7 Å². The highest BCUT2D eigenvalue weighted by Gasteiger charge is 2.14. The summed E-state index contributed by atoms with van der Waals surface area (Å²) in [4.78, 5) is 6.80. The van der Waals surface area contributed by atoms with Crippen LogP contribution in [0.2, 0.25) is 0 Å². The summed E-state index contributed by atoms with van der Waals surface area (Å²) < 4.78 is 5.65. The summed E-state index contributed by atoms with van der Waals surface area (Å²) in [5, 5.41) is 3.31. The Hall–Kier alpha value is -0.710. The quantitative estimate of drug-likeness (QED) is 0.931. The third-order valence-corrected chi connectivity index (χ3v) is 3.37. The van der Waals surface area contributed by atoms with Crippen molar-refractivity contribution in [3.8, 4) is 5.88 Å². The molecule has 1 atom stereocenters. The first kappa shape index (κ1) is 18.3. The number of nitrogens with one attached hydrogen (secondary N) is 1. The Balaban J connectivity index is 0.00000162. The molecule has 0 fully saturated rings. The van der Waals surface area contributed by atoms with Crippen LogP contribution in [0.4, 0.5) is 5.82 Å². The molecule has 1 aromatic rings. The standard InChI is InChI=1S/C13H21N3O.2ClH/c1-4-10(2)16(3)12-6-5-11-9-14-7-8-17-13(11)15-12;;/h5-6,10,14H,4,7-9H2,1-3H3;2*1H. The Labute approximate surface area is 127 Å². The lowest BCUT2D eigenvalue weighted by Gasteiger charge is -2.25. The van der Waals surface area contributed by atoms with Crippen LogP contribution in [-0.4, -0.2) is 31.2 Å². The van der Waals surface area contributed by atoms with E-state index in [0.717, 1.165) is 36.8 Å². The van der Waals surface area contributed by atoms with Crippen LogP contribution in [0.25, 0.3) is 0 Å². The van der Waals surface area contributed by atoms with Crippen molar-refractivity contribution >= 4 is 30.6 Å². The molecule has 1 aliphatic heterocycles.